The van der Waals surface area contributed by atoms with Gasteiger partial charge in [0.25, 0.3) is 0 Å². The fourth-order valence-electron chi connectivity index (χ4n) is 1.24. The van der Waals surface area contributed by atoms with Crippen molar-refractivity contribution in [2.24, 2.45) is 0 Å². The van der Waals surface area contributed by atoms with Gasteiger partial charge >= 0.3 is 0 Å². The summed E-state index contributed by atoms with van der Waals surface area (Å²) in [6, 6.07) is 5.25. The summed E-state index contributed by atoms with van der Waals surface area (Å²) in [6.45, 7) is 1.39. The molecule has 1 aromatic rings. The molecular weight excluding hydrogens is 240 g/mol. The summed E-state index contributed by atoms with van der Waals surface area (Å²) >= 11 is 4.94. The maximum absolute atomic E-state index is 10.8. The van der Waals surface area contributed by atoms with Crippen molar-refractivity contribution in [2.45, 2.75) is 6.92 Å². The smallest absolute Gasteiger partial charge is 0.222 e. The second-order valence-corrected chi connectivity index (χ2v) is 3.61. The molecule has 1 rings (SSSR count). The van der Waals surface area contributed by atoms with Gasteiger partial charge in [0, 0.05) is 18.7 Å². The van der Waals surface area contributed by atoms with Crippen molar-refractivity contribution >= 4 is 28.9 Å². The van der Waals surface area contributed by atoms with Gasteiger partial charge in [0.05, 0.1) is 14.2 Å². The molecule has 0 bridgehead atoms. The lowest BCUT2D eigenvalue weighted by Gasteiger charge is -2.11. The molecule has 0 unspecified atom stereocenters. The van der Waals surface area contributed by atoms with Crippen LogP contribution in [0.2, 0.25) is 0 Å². The van der Waals surface area contributed by atoms with Crippen LogP contribution in [-0.2, 0) is 4.79 Å². The van der Waals surface area contributed by atoms with Crippen LogP contribution in [0.15, 0.2) is 18.2 Å². The molecule has 0 heterocycles. The van der Waals surface area contributed by atoms with Crippen molar-refractivity contribution in [3.63, 3.8) is 0 Å². The Morgan fingerprint density at radius 3 is 2.41 bits per heavy atom. The van der Waals surface area contributed by atoms with Crippen molar-refractivity contribution in [1.29, 1.82) is 0 Å². The van der Waals surface area contributed by atoms with Crippen LogP contribution in [0.4, 0.5) is 5.69 Å². The zero-order valence-corrected chi connectivity index (χ0v) is 10.7. The molecule has 2 N–H and O–H groups in total. The molecule has 1 aromatic carbocycles. The third-order valence-corrected chi connectivity index (χ3v) is 2.14. The SMILES string of the molecule is COc1ccc(NC(=S)NC(C)=O)cc1OC. The van der Waals surface area contributed by atoms with Crippen LogP contribution in [0.1, 0.15) is 6.92 Å². The molecule has 0 aliphatic rings. The molecular formula is C11H14N2O3S. The molecule has 1 amide bonds. The first-order chi connectivity index (χ1) is 8.06. The third kappa shape index (κ3) is 3.92. The largest absolute Gasteiger partial charge is 0.493 e. The number of carbonyl (C=O) groups is 1. The van der Waals surface area contributed by atoms with E-state index in [1.807, 2.05) is 0 Å². The molecule has 17 heavy (non-hydrogen) atoms. The minimum atomic E-state index is -0.219. The fourth-order valence-corrected chi connectivity index (χ4v) is 1.50. The minimum Gasteiger partial charge on any atom is -0.493 e. The van der Waals surface area contributed by atoms with E-state index in [0.29, 0.717) is 17.2 Å². The van der Waals surface area contributed by atoms with E-state index in [-0.39, 0.29) is 11.0 Å². The predicted molar refractivity (Wildman–Crippen MR) is 69.6 cm³/mol. The van der Waals surface area contributed by atoms with E-state index in [9.17, 15) is 4.79 Å². The highest BCUT2D eigenvalue weighted by molar-refractivity contribution is 7.80. The minimum absolute atomic E-state index is 0.219. The van der Waals surface area contributed by atoms with Gasteiger partial charge in [0.15, 0.2) is 16.6 Å². The summed E-state index contributed by atoms with van der Waals surface area (Å²) in [5.41, 5.74) is 0.710. The standard InChI is InChI=1S/C11H14N2O3S/c1-7(14)12-11(17)13-8-4-5-9(15-2)10(6-8)16-3/h4-6H,1-3H3,(H2,12,13,14,17). The average molecular weight is 254 g/mol. The van der Waals surface area contributed by atoms with Crippen LogP contribution in [0.5, 0.6) is 11.5 Å². The van der Waals surface area contributed by atoms with E-state index >= 15 is 0 Å². The molecule has 0 aliphatic carbocycles. The van der Waals surface area contributed by atoms with E-state index in [1.165, 1.54) is 6.92 Å². The summed E-state index contributed by atoms with van der Waals surface area (Å²) < 4.78 is 10.2. The Bertz CT molecular complexity index is 435. The molecule has 92 valence electrons. The van der Waals surface area contributed by atoms with Crippen LogP contribution >= 0.6 is 12.2 Å². The topological polar surface area (TPSA) is 59.6 Å². The number of hydrogen-bond acceptors (Lipinski definition) is 4. The van der Waals surface area contributed by atoms with Crippen molar-refractivity contribution < 1.29 is 14.3 Å². The molecule has 6 heteroatoms. The Hall–Kier alpha value is -1.82. The zero-order chi connectivity index (χ0) is 12.8. The Kier molecular flexibility index (Phi) is 4.71. The number of anilines is 1. The highest BCUT2D eigenvalue weighted by atomic mass is 32.1. The van der Waals surface area contributed by atoms with Crippen molar-refractivity contribution in [2.75, 3.05) is 19.5 Å². The molecule has 0 aliphatic heterocycles. The van der Waals surface area contributed by atoms with Crippen LogP contribution < -0.4 is 20.1 Å². The highest BCUT2D eigenvalue weighted by Crippen LogP contribution is 2.29. The molecule has 0 fully saturated rings. The quantitative estimate of drug-likeness (QED) is 0.801. The molecule has 0 saturated carbocycles. The van der Waals surface area contributed by atoms with Gasteiger partial charge in [-0.1, -0.05) is 0 Å². The first-order valence-corrected chi connectivity index (χ1v) is 5.28. The molecule has 0 saturated heterocycles. The monoisotopic (exact) mass is 254 g/mol. The lowest BCUT2D eigenvalue weighted by molar-refractivity contribution is -0.117. The van der Waals surface area contributed by atoms with Crippen LogP contribution in [-0.4, -0.2) is 25.2 Å². The Morgan fingerprint density at radius 1 is 1.24 bits per heavy atom. The highest BCUT2D eigenvalue weighted by Gasteiger charge is 2.05. The van der Waals surface area contributed by atoms with Crippen LogP contribution in [0, 0.1) is 0 Å². The average Bonchev–Trinajstić information content (AvgIpc) is 2.27. The number of hydrogen-bond donors (Lipinski definition) is 2. The molecule has 0 atom stereocenters. The van der Waals surface area contributed by atoms with Gasteiger partial charge in [-0.2, -0.15) is 0 Å². The number of carbonyl (C=O) groups excluding carboxylic acids is 1. The zero-order valence-electron chi connectivity index (χ0n) is 9.87. The second-order valence-electron chi connectivity index (χ2n) is 3.21. The summed E-state index contributed by atoms with van der Waals surface area (Å²) in [7, 11) is 3.11. The summed E-state index contributed by atoms with van der Waals surface area (Å²) in [5, 5.41) is 5.57. The maximum atomic E-state index is 10.8. The van der Waals surface area contributed by atoms with E-state index in [1.54, 1.807) is 32.4 Å². The van der Waals surface area contributed by atoms with E-state index in [0.717, 1.165) is 0 Å². The first-order valence-electron chi connectivity index (χ1n) is 4.87. The summed E-state index contributed by atoms with van der Waals surface area (Å²) in [5.74, 6) is 0.995. The summed E-state index contributed by atoms with van der Waals surface area (Å²) in [6.07, 6.45) is 0. The Labute approximate surface area is 105 Å². The number of rotatable bonds is 3. The van der Waals surface area contributed by atoms with Crippen molar-refractivity contribution in [3.8, 4) is 11.5 Å². The number of nitrogens with one attached hydrogen (secondary N) is 2. The third-order valence-electron chi connectivity index (χ3n) is 1.93. The lowest BCUT2D eigenvalue weighted by atomic mass is 10.3. The van der Waals surface area contributed by atoms with E-state index in [4.69, 9.17) is 21.7 Å². The molecule has 0 aromatic heterocycles. The van der Waals surface area contributed by atoms with Gasteiger partial charge in [-0.15, -0.1) is 0 Å². The molecule has 0 radical (unpaired) electrons. The maximum Gasteiger partial charge on any atom is 0.222 e. The van der Waals surface area contributed by atoms with Gasteiger partial charge in [-0.3, -0.25) is 4.79 Å². The number of benzene rings is 1. The van der Waals surface area contributed by atoms with Gasteiger partial charge < -0.3 is 20.1 Å². The van der Waals surface area contributed by atoms with Crippen molar-refractivity contribution in [1.82, 2.24) is 5.32 Å². The van der Waals surface area contributed by atoms with Gasteiger partial charge in [-0.05, 0) is 24.4 Å². The van der Waals surface area contributed by atoms with Gasteiger partial charge in [-0.25, -0.2) is 0 Å². The summed E-state index contributed by atoms with van der Waals surface area (Å²) in [4.78, 5) is 10.8. The van der Waals surface area contributed by atoms with Gasteiger partial charge in [0.2, 0.25) is 5.91 Å². The van der Waals surface area contributed by atoms with Crippen molar-refractivity contribution in [3.05, 3.63) is 18.2 Å². The van der Waals surface area contributed by atoms with Crippen LogP contribution in [0.3, 0.4) is 0 Å². The first kappa shape index (κ1) is 13.2. The number of amides is 1. The van der Waals surface area contributed by atoms with E-state index in [2.05, 4.69) is 10.6 Å². The molecule has 5 nitrogen and oxygen atoms in total. The van der Waals surface area contributed by atoms with E-state index < -0.39 is 0 Å². The Morgan fingerprint density at radius 2 is 1.88 bits per heavy atom. The normalized spacial score (nSPS) is 9.35. The predicted octanol–water partition coefficient (Wildman–Crippen LogP) is 1.54. The number of thiocarbonyl (C=S) groups is 1. The van der Waals surface area contributed by atoms with Crippen LogP contribution in [0.25, 0.3) is 0 Å². The van der Waals surface area contributed by atoms with Gasteiger partial charge in [0.1, 0.15) is 0 Å². The number of ether oxygens (including phenoxy) is 2. The Balaban J connectivity index is 2.79. The molecule has 0 spiro atoms. The lowest BCUT2D eigenvalue weighted by Crippen LogP contribution is -2.32. The fraction of sp³-hybridized carbons (Fsp3) is 0.273. The number of methoxy groups -OCH3 is 2. The second kappa shape index (κ2) is 6.05.